The molecule has 0 amide bonds. The molecule has 0 aliphatic carbocycles. The lowest BCUT2D eigenvalue weighted by Gasteiger charge is -2.27. The van der Waals surface area contributed by atoms with E-state index in [0.29, 0.717) is 24.2 Å². The molecule has 0 aromatic heterocycles. The number of ether oxygens (including phenoxy) is 2. The van der Waals surface area contributed by atoms with Crippen molar-refractivity contribution in [3.8, 4) is 0 Å². The van der Waals surface area contributed by atoms with Crippen LogP contribution < -0.4 is 4.89 Å². The SMILES string of the molecule is CCCCCCCC/C=C\CCCCCCCCOCCOCCOP(=O)([O-])OCC[N+](C)(C)C. The fourth-order valence-electron chi connectivity index (χ4n) is 3.45. The Hall–Kier alpha value is -0.270. The molecule has 0 rings (SSSR count). The summed E-state index contributed by atoms with van der Waals surface area (Å²) < 4.78 is 32.8. The van der Waals surface area contributed by atoms with E-state index in [1.54, 1.807) is 0 Å². The minimum atomic E-state index is -4.25. The zero-order valence-electron chi connectivity index (χ0n) is 23.3. The van der Waals surface area contributed by atoms with Gasteiger partial charge in [-0.1, -0.05) is 76.9 Å². The molecular formula is C27H56NO6P. The van der Waals surface area contributed by atoms with Crippen molar-refractivity contribution in [3.63, 3.8) is 0 Å². The number of hydrogen-bond donors (Lipinski definition) is 0. The zero-order chi connectivity index (χ0) is 26.1. The summed E-state index contributed by atoms with van der Waals surface area (Å²) in [6.07, 6.45) is 22.9. The molecule has 0 heterocycles. The van der Waals surface area contributed by atoms with Crippen LogP contribution in [0, 0.1) is 0 Å². The fraction of sp³-hybridized carbons (Fsp3) is 0.926. The van der Waals surface area contributed by atoms with Crippen LogP contribution >= 0.6 is 7.82 Å². The molecule has 0 N–H and O–H groups in total. The van der Waals surface area contributed by atoms with Crippen LogP contribution in [0.5, 0.6) is 0 Å². The Balaban J connectivity index is 3.27. The van der Waals surface area contributed by atoms with E-state index in [4.69, 9.17) is 18.5 Å². The Morgan fingerprint density at radius 2 is 1.09 bits per heavy atom. The summed E-state index contributed by atoms with van der Waals surface area (Å²) in [5.74, 6) is 0. The summed E-state index contributed by atoms with van der Waals surface area (Å²) in [7, 11) is 1.65. The van der Waals surface area contributed by atoms with Gasteiger partial charge >= 0.3 is 0 Å². The Labute approximate surface area is 216 Å². The van der Waals surface area contributed by atoms with Crippen molar-refractivity contribution in [1.82, 2.24) is 0 Å². The summed E-state index contributed by atoms with van der Waals surface area (Å²) in [6.45, 7) is 4.81. The van der Waals surface area contributed by atoms with Gasteiger partial charge in [0, 0.05) is 6.61 Å². The van der Waals surface area contributed by atoms with Crippen LogP contribution in [0.3, 0.4) is 0 Å². The second-order valence-corrected chi connectivity index (χ2v) is 11.7. The van der Waals surface area contributed by atoms with Crippen molar-refractivity contribution in [1.29, 1.82) is 0 Å². The Bertz CT molecular complexity index is 524. The number of quaternary nitrogens is 1. The van der Waals surface area contributed by atoms with Gasteiger partial charge in [0.25, 0.3) is 7.82 Å². The van der Waals surface area contributed by atoms with Crippen LogP contribution in [0.25, 0.3) is 0 Å². The van der Waals surface area contributed by atoms with Gasteiger partial charge < -0.3 is 27.9 Å². The first-order valence-electron chi connectivity index (χ1n) is 14.0. The fourth-order valence-corrected chi connectivity index (χ4v) is 4.12. The van der Waals surface area contributed by atoms with Crippen molar-refractivity contribution in [2.75, 3.05) is 67.3 Å². The van der Waals surface area contributed by atoms with Crippen LogP contribution in [0.15, 0.2) is 12.2 Å². The highest BCUT2D eigenvalue weighted by molar-refractivity contribution is 7.45. The van der Waals surface area contributed by atoms with E-state index in [9.17, 15) is 9.46 Å². The number of phosphoric acid groups is 1. The third-order valence-corrected chi connectivity index (χ3v) is 6.66. The molecule has 0 saturated carbocycles. The standard InChI is InChI=1S/C27H56NO6P/c1-5-6-7-8-9-10-11-12-13-14-15-16-17-18-19-20-22-31-24-25-32-26-27-34-35(29,30)33-23-21-28(2,3)4/h12-13H,5-11,14-27H2,1-4H3/b13-12-. The molecule has 1 atom stereocenters. The first kappa shape index (κ1) is 34.7. The van der Waals surface area contributed by atoms with Gasteiger partial charge in [0.05, 0.1) is 47.6 Å². The Kier molecular flexibility index (Phi) is 23.9. The molecule has 0 spiro atoms. The highest BCUT2D eigenvalue weighted by Crippen LogP contribution is 2.37. The molecule has 0 aliphatic rings. The monoisotopic (exact) mass is 521 g/mol. The summed E-state index contributed by atoms with van der Waals surface area (Å²) in [5.41, 5.74) is 0. The van der Waals surface area contributed by atoms with Gasteiger partial charge in [-0.05, 0) is 32.1 Å². The summed E-state index contributed by atoms with van der Waals surface area (Å²) in [4.78, 5) is 11.6. The number of hydrogen-bond acceptors (Lipinski definition) is 6. The summed E-state index contributed by atoms with van der Waals surface area (Å²) in [5, 5.41) is 0. The normalized spacial score (nSPS) is 14.1. The van der Waals surface area contributed by atoms with Crippen molar-refractivity contribution in [2.45, 2.75) is 96.8 Å². The number of unbranched alkanes of at least 4 members (excludes halogenated alkanes) is 12. The van der Waals surface area contributed by atoms with E-state index >= 15 is 0 Å². The Morgan fingerprint density at radius 1 is 0.629 bits per heavy atom. The highest BCUT2D eigenvalue weighted by atomic mass is 31.2. The van der Waals surface area contributed by atoms with Gasteiger partial charge in [-0.2, -0.15) is 0 Å². The van der Waals surface area contributed by atoms with Gasteiger partial charge in [0.1, 0.15) is 13.2 Å². The van der Waals surface area contributed by atoms with Crippen molar-refractivity contribution in [3.05, 3.63) is 12.2 Å². The molecule has 0 fully saturated rings. The molecule has 0 aromatic rings. The van der Waals surface area contributed by atoms with Crippen LogP contribution in [0.2, 0.25) is 0 Å². The van der Waals surface area contributed by atoms with Gasteiger partial charge in [-0.3, -0.25) is 4.57 Å². The van der Waals surface area contributed by atoms with E-state index in [1.807, 2.05) is 21.1 Å². The maximum Gasteiger partial charge on any atom is 0.268 e. The lowest BCUT2D eigenvalue weighted by atomic mass is 10.1. The van der Waals surface area contributed by atoms with Crippen LogP contribution in [0.1, 0.15) is 96.8 Å². The topological polar surface area (TPSA) is 77.1 Å². The zero-order valence-corrected chi connectivity index (χ0v) is 24.2. The second-order valence-electron chi connectivity index (χ2n) is 10.3. The minimum absolute atomic E-state index is 0.0416. The predicted molar refractivity (Wildman–Crippen MR) is 143 cm³/mol. The summed E-state index contributed by atoms with van der Waals surface area (Å²) >= 11 is 0. The molecule has 35 heavy (non-hydrogen) atoms. The highest BCUT2D eigenvalue weighted by Gasteiger charge is 2.13. The van der Waals surface area contributed by atoms with Gasteiger partial charge in [-0.15, -0.1) is 0 Å². The van der Waals surface area contributed by atoms with Crippen molar-refractivity contribution < 1.29 is 32.5 Å². The van der Waals surface area contributed by atoms with E-state index in [1.165, 1.54) is 83.5 Å². The van der Waals surface area contributed by atoms with Gasteiger partial charge in [-0.25, -0.2) is 0 Å². The van der Waals surface area contributed by atoms with E-state index < -0.39 is 7.82 Å². The number of allylic oxidation sites excluding steroid dienone is 2. The lowest BCUT2D eigenvalue weighted by Crippen LogP contribution is -2.37. The second kappa shape index (κ2) is 24.1. The molecule has 7 nitrogen and oxygen atoms in total. The van der Waals surface area contributed by atoms with E-state index in [2.05, 4.69) is 19.1 Å². The molecule has 1 unspecified atom stereocenters. The molecule has 210 valence electrons. The number of phosphoric ester groups is 1. The van der Waals surface area contributed by atoms with Crippen LogP contribution in [-0.2, 0) is 23.1 Å². The minimum Gasteiger partial charge on any atom is -0.756 e. The largest absolute Gasteiger partial charge is 0.756 e. The van der Waals surface area contributed by atoms with E-state index in [0.717, 1.165) is 13.0 Å². The molecule has 0 aliphatic heterocycles. The predicted octanol–water partition coefficient (Wildman–Crippen LogP) is 6.26. The molecule has 0 bridgehead atoms. The smallest absolute Gasteiger partial charge is 0.268 e. The van der Waals surface area contributed by atoms with Gasteiger partial charge in [0.15, 0.2) is 0 Å². The van der Waals surface area contributed by atoms with E-state index in [-0.39, 0.29) is 19.8 Å². The number of nitrogens with zero attached hydrogens (tertiary/aromatic N) is 1. The molecule has 8 heteroatoms. The molecule has 0 radical (unpaired) electrons. The average Bonchev–Trinajstić information content (AvgIpc) is 2.78. The number of rotatable bonds is 27. The third-order valence-electron chi connectivity index (χ3n) is 5.66. The van der Waals surface area contributed by atoms with Crippen molar-refractivity contribution in [2.24, 2.45) is 0 Å². The quantitative estimate of drug-likeness (QED) is 0.0549. The first-order chi connectivity index (χ1) is 16.8. The van der Waals surface area contributed by atoms with Crippen molar-refractivity contribution >= 4 is 7.82 Å². The first-order valence-corrected chi connectivity index (χ1v) is 15.4. The molecule has 0 saturated heterocycles. The van der Waals surface area contributed by atoms with Crippen LogP contribution in [-0.4, -0.2) is 71.8 Å². The van der Waals surface area contributed by atoms with Gasteiger partial charge in [0.2, 0.25) is 0 Å². The maximum absolute atomic E-state index is 11.6. The Morgan fingerprint density at radius 3 is 1.66 bits per heavy atom. The molecular weight excluding hydrogens is 465 g/mol. The third kappa shape index (κ3) is 29.8. The maximum atomic E-state index is 11.6. The van der Waals surface area contributed by atoms with Crippen LogP contribution in [0.4, 0.5) is 0 Å². The summed E-state index contributed by atoms with van der Waals surface area (Å²) in [6, 6.07) is 0. The molecule has 0 aromatic carbocycles. The number of likely N-dealkylation sites (N-methyl/N-ethyl adjacent to an activating group) is 1. The average molecular weight is 522 g/mol. The lowest BCUT2D eigenvalue weighted by molar-refractivity contribution is -0.870.